The van der Waals surface area contributed by atoms with Crippen LogP contribution in [-0.2, 0) is 11.8 Å². The highest BCUT2D eigenvalue weighted by Crippen LogP contribution is 2.15. The van der Waals surface area contributed by atoms with E-state index in [-0.39, 0.29) is 5.69 Å². The standard InChI is InChI=1S/C12H15N5O3/c1-7-9(6-16(3)15-7)14-11(18)10-4-5-13-17(10)8(2)12(19)20/h4-6,8H,1-3H3,(H,14,18)(H,19,20). The predicted molar refractivity (Wildman–Crippen MR) is 70.5 cm³/mol. The Balaban J connectivity index is 2.24. The van der Waals surface area contributed by atoms with Gasteiger partial charge in [0.1, 0.15) is 11.7 Å². The predicted octanol–water partition coefficient (Wildman–Crippen LogP) is 0.823. The van der Waals surface area contributed by atoms with Crippen LogP contribution in [0.3, 0.4) is 0 Å². The molecule has 0 saturated heterocycles. The van der Waals surface area contributed by atoms with Gasteiger partial charge < -0.3 is 10.4 Å². The number of anilines is 1. The Kier molecular flexibility index (Phi) is 3.55. The number of carboxylic acid groups (broad SMARTS) is 1. The van der Waals surface area contributed by atoms with Crippen LogP contribution >= 0.6 is 0 Å². The largest absolute Gasteiger partial charge is 0.480 e. The molecular weight excluding hydrogens is 262 g/mol. The molecule has 0 fully saturated rings. The second-order valence-electron chi connectivity index (χ2n) is 4.43. The molecule has 1 amide bonds. The highest BCUT2D eigenvalue weighted by atomic mass is 16.4. The number of carboxylic acids is 1. The van der Waals surface area contributed by atoms with Crippen molar-refractivity contribution in [2.45, 2.75) is 19.9 Å². The van der Waals surface area contributed by atoms with Crippen LogP contribution < -0.4 is 5.32 Å². The van der Waals surface area contributed by atoms with Crippen molar-refractivity contribution in [2.24, 2.45) is 7.05 Å². The maximum Gasteiger partial charge on any atom is 0.328 e. The van der Waals surface area contributed by atoms with E-state index in [1.54, 1.807) is 24.9 Å². The molecule has 0 radical (unpaired) electrons. The molecule has 0 spiro atoms. The Bertz CT molecular complexity index is 658. The van der Waals surface area contributed by atoms with E-state index in [0.717, 1.165) is 0 Å². The third kappa shape index (κ3) is 2.53. The normalized spacial score (nSPS) is 12.2. The van der Waals surface area contributed by atoms with Gasteiger partial charge in [0.2, 0.25) is 0 Å². The number of carbonyl (C=O) groups is 2. The first-order chi connectivity index (χ1) is 9.40. The van der Waals surface area contributed by atoms with Crippen LogP contribution in [0.2, 0.25) is 0 Å². The van der Waals surface area contributed by atoms with Gasteiger partial charge in [0, 0.05) is 19.4 Å². The fraction of sp³-hybridized carbons (Fsp3) is 0.333. The van der Waals surface area contributed by atoms with E-state index in [0.29, 0.717) is 11.4 Å². The average Bonchev–Trinajstić information content (AvgIpc) is 2.95. The topological polar surface area (TPSA) is 102 Å². The van der Waals surface area contributed by atoms with E-state index in [1.165, 1.54) is 23.9 Å². The molecule has 1 unspecified atom stereocenters. The van der Waals surface area contributed by atoms with E-state index in [9.17, 15) is 9.59 Å². The van der Waals surface area contributed by atoms with E-state index in [4.69, 9.17) is 5.11 Å². The van der Waals surface area contributed by atoms with Gasteiger partial charge in [-0.2, -0.15) is 10.2 Å². The second kappa shape index (κ2) is 5.16. The summed E-state index contributed by atoms with van der Waals surface area (Å²) in [6, 6.07) is 0.557. The molecule has 2 aromatic heterocycles. The summed E-state index contributed by atoms with van der Waals surface area (Å²) in [7, 11) is 1.75. The van der Waals surface area contributed by atoms with Gasteiger partial charge in [-0.05, 0) is 19.9 Å². The van der Waals surface area contributed by atoms with Crippen molar-refractivity contribution in [1.82, 2.24) is 19.6 Å². The Morgan fingerprint density at radius 3 is 2.70 bits per heavy atom. The Hall–Kier alpha value is -2.64. The Morgan fingerprint density at radius 2 is 2.15 bits per heavy atom. The summed E-state index contributed by atoms with van der Waals surface area (Å²) in [6.45, 7) is 3.23. The van der Waals surface area contributed by atoms with Crippen LogP contribution in [0.15, 0.2) is 18.5 Å². The molecule has 0 aliphatic carbocycles. The lowest BCUT2D eigenvalue weighted by atomic mass is 10.3. The minimum absolute atomic E-state index is 0.183. The summed E-state index contributed by atoms with van der Waals surface area (Å²) >= 11 is 0. The van der Waals surface area contributed by atoms with Crippen LogP contribution in [0.25, 0.3) is 0 Å². The van der Waals surface area contributed by atoms with Crippen LogP contribution in [0.1, 0.15) is 29.1 Å². The van der Waals surface area contributed by atoms with Crippen molar-refractivity contribution in [1.29, 1.82) is 0 Å². The van der Waals surface area contributed by atoms with Gasteiger partial charge in [0.05, 0.1) is 11.4 Å². The molecule has 2 N–H and O–H groups in total. The summed E-state index contributed by atoms with van der Waals surface area (Å²) in [6.07, 6.45) is 3.07. The first-order valence-corrected chi connectivity index (χ1v) is 5.98. The van der Waals surface area contributed by atoms with Crippen LogP contribution in [-0.4, -0.2) is 36.5 Å². The van der Waals surface area contributed by atoms with Crippen LogP contribution in [0.5, 0.6) is 0 Å². The number of amides is 1. The van der Waals surface area contributed by atoms with Gasteiger partial charge in [-0.3, -0.25) is 9.48 Å². The number of carbonyl (C=O) groups excluding carboxylic acids is 1. The molecule has 0 aromatic carbocycles. The summed E-state index contributed by atoms with van der Waals surface area (Å²) < 4.78 is 2.76. The van der Waals surface area contributed by atoms with Gasteiger partial charge in [0.15, 0.2) is 0 Å². The van der Waals surface area contributed by atoms with Crippen molar-refractivity contribution in [2.75, 3.05) is 5.32 Å². The molecule has 2 rings (SSSR count). The molecule has 2 heterocycles. The highest BCUT2D eigenvalue weighted by Gasteiger charge is 2.21. The molecule has 20 heavy (non-hydrogen) atoms. The minimum Gasteiger partial charge on any atom is -0.480 e. The monoisotopic (exact) mass is 277 g/mol. The molecule has 0 aliphatic heterocycles. The summed E-state index contributed by atoms with van der Waals surface area (Å²) in [4.78, 5) is 23.2. The van der Waals surface area contributed by atoms with Crippen LogP contribution in [0.4, 0.5) is 5.69 Å². The second-order valence-corrected chi connectivity index (χ2v) is 4.43. The Labute approximate surface area is 115 Å². The van der Waals surface area contributed by atoms with E-state index >= 15 is 0 Å². The first-order valence-electron chi connectivity index (χ1n) is 5.98. The van der Waals surface area contributed by atoms with E-state index in [2.05, 4.69) is 15.5 Å². The van der Waals surface area contributed by atoms with E-state index < -0.39 is 17.9 Å². The molecule has 1 atom stereocenters. The molecule has 2 aromatic rings. The fourth-order valence-electron chi connectivity index (χ4n) is 1.82. The number of aliphatic carboxylic acids is 1. The third-order valence-electron chi connectivity index (χ3n) is 2.89. The van der Waals surface area contributed by atoms with Crippen LogP contribution in [0, 0.1) is 6.92 Å². The summed E-state index contributed by atoms with van der Waals surface area (Å²) in [5, 5.41) is 19.7. The minimum atomic E-state index is -1.06. The van der Waals surface area contributed by atoms with Crippen molar-refractivity contribution in [3.8, 4) is 0 Å². The molecule has 8 nitrogen and oxygen atoms in total. The summed E-state index contributed by atoms with van der Waals surface area (Å²) in [5.41, 5.74) is 1.44. The van der Waals surface area contributed by atoms with Crippen molar-refractivity contribution in [3.05, 3.63) is 29.8 Å². The number of aryl methyl sites for hydroxylation is 2. The first kappa shape index (κ1) is 13.8. The average molecular weight is 277 g/mol. The molecular formula is C12H15N5O3. The third-order valence-corrected chi connectivity index (χ3v) is 2.89. The molecule has 0 saturated carbocycles. The lowest BCUT2D eigenvalue weighted by molar-refractivity contribution is -0.140. The zero-order valence-corrected chi connectivity index (χ0v) is 11.4. The SMILES string of the molecule is Cc1nn(C)cc1NC(=O)c1ccnn1C(C)C(=O)O. The molecule has 0 aliphatic rings. The number of hydrogen-bond donors (Lipinski definition) is 2. The summed E-state index contributed by atoms with van der Waals surface area (Å²) in [5.74, 6) is -1.48. The van der Waals surface area contributed by atoms with Gasteiger partial charge >= 0.3 is 5.97 Å². The lowest BCUT2D eigenvalue weighted by Crippen LogP contribution is -2.24. The van der Waals surface area contributed by atoms with Gasteiger partial charge in [-0.25, -0.2) is 9.48 Å². The molecule has 8 heteroatoms. The maximum atomic E-state index is 12.2. The fourth-order valence-corrected chi connectivity index (χ4v) is 1.82. The van der Waals surface area contributed by atoms with Gasteiger partial charge in [-0.1, -0.05) is 0 Å². The van der Waals surface area contributed by atoms with Crippen molar-refractivity contribution < 1.29 is 14.7 Å². The van der Waals surface area contributed by atoms with Gasteiger partial charge in [0.25, 0.3) is 5.91 Å². The highest BCUT2D eigenvalue weighted by molar-refractivity contribution is 6.03. The number of nitrogens with zero attached hydrogens (tertiary/aromatic N) is 4. The van der Waals surface area contributed by atoms with Crippen molar-refractivity contribution >= 4 is 17.6 Å². The lowest BCUT2D eigenvalue weighted by Gasteiger charge is -2.11. The molecule has 0 bridgehead atoms. The van der Waals surface area contributed by atoms with E-state index in [1.807, 2.05) is 0 Å². The van der Waals surface area contributed by atoms with Crippen molar-refractivity contribution in [3.63, 3.8) is 0 Å². The zero-order valence-electron chi connectivity index (χ0n) is 11.4. The maximum absolute atomic E-state index is 12.2. The number of rotatable bonds is 4. The molecule has 106 valence electrons. The number of aromatic nitrogens is 4. The van der Waals surface area contributed by atoms with Gasteiger partial charge in [-0.15, -0.1) is 0 Å². The zero-order chi connectivity index (χ0) is 14.9. The number of hydrogen-bond acceptors (Lipinski definition) is 4. The Morgan fingerprint density at radius 1 is 1.45 bits per heavy atom. The number of nitrogens with one attached hydrogen (secondary N) is 1. The smallest absolute Gasteiger partial charge is 0.328 e. The quantitative estimate of drug-likeness (QED) is 0.861.